The standard InChI is InChI=1S/C16H17BrN2O2/c1-18-8-12-6-11-7-16(11,19(12)9-20)14-5-10-3-2-4-13(17)15(10)21-14/h2-5,9,11-12,18H,6-8H2,1H3. The van der Waals surface area contributed by atoms with Crippen LogP contribution >= 0.6 is 15.9 Å². The number of likely N-dealkylation sites (tertiary alicyclic amines) is 1. The molecule has 4 rings (SSSR count). The topological polar surface area (TPSA) is 45.5 Å². The molecule has 0 radical (unpaired) electrons. The van der Waals surface area contributed by atoms with Gasteiger partial charge in [-0.05, 0) is 53.9 Å². The Morgan fingerprint density at radius 2 is 2.43 bits per heavy atom. The number of benzene rings is 1. The Bertz CT molecular complexity index is 713. The third kappa shape index (κ3) is 1.74. The number of carbonyl (C=O) groups is 1. The fourth-order valence-corrected chi connectivity index (χ4v) is 4.41. The minimum Gasteiger partial charge on any atom is -0.457 e. The maximum absolute atomic E-state index is 11.6. The van der Waals surface area contributed by atoms with Crippen LogP contribution in [0.3, 0.4) is 0 Å². The second-order valence-corrected chi connectivity index (χ2v) is 6.91. The summed E-state index contributed by atoms with van der Waals surface area (Å²) in [5, 5.41) is 4.27. The number of nitrogens with one attached hydrogen (secondary N) is 1. The van der Waals surface area contributed by atoms with E-state index >= 15 is 0 Å². The molecule has 1 aliphatic heterocycles. The zero-order valence-electron chi connectivity index (χ0n) is 11.8. The number of para-hydroxylation sites is 1. The van der Waals surface area contributed by atoms with Crippen molar-refractivity contribution in [2.45, 2.75) is 24.4 Å². The first-order chi connectivity index (χ1) is 10.2. The monoisotopic (exact) mass is 348 g/mol. The summed E-state index contributed by atoms with van der Waals surface area (Å²) < 4.78 is 7.08. The molecule has 110 valence electrons. The fraction of sp³-hybridized carbons (Fsp3) is 0.438. The Hall–Kier alpha value is -1.33. The zero-order chi connectivity index (χ0) is 14.6. The minimum atomic E-state index is -0.207. The van der Waals surface area contributed by atoms with E-state index in [-0.39, 0.29) is 11.6 Å². The van der Waals surface area contributed by atoms with Gasteiger partial charge in [0.2, 0.25) is 6.41 Å². The van der Waals surface area contributed by atoms with E-state index in [1.807, 2.05) is 30.1 Å². The summed E-state index contributed by atoms with van der Waals surface area (Å²) >= 11 is 3.53. The van der Waals surface area contributed by atoms with Gasteiger partial charge in [-0.1, -0.05) is 12.1 Å². The molecular weight excluding hydrogens is 332 g/mol. The highest BCUT2D eigenvalue weighted by atomic mass is 79.9. The second-order valence-electron chi connectivity index (χ2n) is 6.05. The Kier molecular flexibility index (Phi) is 2.91. The molecule has 2 aliphatic rings. The van der Waals surface area contributed by atoms with Gasteiger partial charge in [-0.3, -0.25) is 4.79 Å². The number of hydrogen-bond acceptors (Lipinski definition) is 3. The Labute approximate surface area is 131 Å². The van der Waals surface area contributed by atoms with E-state index in [4.69, 9.17) is 4.42 Å². The van der Waals surface area contributed by atoms with Crippen molar-refractivity contribution >= 4 is 33.3 Å². The lowest BCUT2D eigenvalue weighted by atomic mass is 10.1. The van der Waals surface area contributed by atoms with Gasteiger partial charge in [0, 0.05) is 18.0 Å². The van der Waals surface area contributed by atoms with Crippen LogP contribution < -0.4 is 5.32 Å². The highest BCUT2D eigenvalue weighted by Gasteiger charge is 2.67. The van der Waals surface area contributed by atoms with E-state index in [2.05, 4.69) is 27.3 Å². The van der Waals surface area contributed by atoms with Gasteiger partial charge < -0.3 is 14.6 Å². The van der Waals surface area contributed by atoms with Crippen LogP contribution in [0.2, 0.25) is 0 Å². The summed E-state index contributed by atoms with van der Waals surface area (Å²) in [6, 6.07) is 8.39. The molecule has 1 aromatic heterocycles. The number of likely N-dealkylation sites (N-methyl/N-ethyl adjacent to an activating group) is 1. The van der Waals surface area contributed by atoms with E-state index in [1.54, 1.807) is 0 Å². The number of fused-ring (bicyclic) bond motifs is 2. The molecular formula is C16H17BrN2O2. The molecule has 2 fully saturated rings. The van der Waals surface area contributed by atoms with Gasteiger partial charge in [-0.25, -0.2) is 0 Å². The number of carbonyl (C=O) groups excluding carboxylic acids is 1. The maximum Gasteiger partial charge on any atom is 0.210 e. The molecule has 1 aliphatic carbocycles. The Morgan fingerprint density at radius 3 is 3.14 bits per heavy atom. The second kappa shape index (κ2) is 4.58. The van der Waals surface area contributed by atoms with E-state index < -0.39 is 0 Å². The van der Waals surface area contributed by atoms with Crippen LogP contribution in [0, 0.1) is 5.92 Å². The van der Waals surface area contributed by atoms with Gasteiger partial charge in [-0.2, -0.15) is 0 Å². The third-order valence-corrected chi connectivity index (χ3v) is 5.58. The van der Waals surface area contributed by atoms with E-state index in [0.717, 1.165) is 47.0 Å². The number of furan rings is 1. The molecule has 1 amide bonds. The Morgan fingerprint density at radius 1 is 1.57 bits per heavy atom. The molecule has 21 heavy (non-hydrogen) atoms. The van der Waals surface area contributed by atoms with E-state index in [0.29, 0.717) is 5.92 Å². The van der Waals surface area contributed by atoms with Gasteiger partial charge in [0.15, 0.2) is 0 Å². The zero-order valence-corrected chi connectivity index (χ0v) is 13.4. The van der Waals surface area contributed by atoms with Crippen LogP contribution in [0.15, 0.2) is 33.2 Å². The lowest BCUT2D eigenvalue weighted by Crippen LogP contribution is -2.42. The van der Waals surface area contributed by atoms with Crippen molar-refractivity contribution in [3.63, 3.8) is 0 Å². The molecule has 1 saturated carbocycles. The lowest BCUT2D eigenvalue weighted by molar-refractivity contribution is -0.122. The lowest BCUT2D eigenvalue weighted by Gasteiger charge is -2.29. The maximum atomic E-state index is 11.6. The van der Waals surface area contributed by atoms with E-state index in [1.165, 1.54) is 0 Å². The number of piperidine rings is 1. The predicted octanol–water partition coefficient (Wildman–Crippen LogP) is 2.86. The first-order valence-electron chi connectivity index (χ1n) is 7.27. The van der Waals surface area contributed by atoms with Gasteiger partial charge >= 0.3 is 0 Å². The molecule has 1 saturated heterocycles. The van der Waals surface area contributed by atoms with Crippen LogP contribution in [0.25, 0.3) is 11.0 Å². The predicted molar refractivity (Wildman–Crippen MR) is 83.9 cm³/mol. The summed E-state index contributed by atoms with van der Waals surface area (Å²) in [5.74, 6) is 1.46. The largest absolute Gasteiger partial charge is 0.457 e. The molecule has 2 aromatic rings. The molecule has 0 bridgehead atoms. The average molecular weight is 349 g/mol. The number of nitrogens with zero attached hydrogens (tertiary/aromatic N) is 1. The highest BCUT2D eigenvalue weighted by Crippen LogP contribution is 2.64. The SMILES string of the molecule is CNCC1CC2CC2(c2cc3cccc(Br)c3o2)N1C=O. The van der Waals surface area contributed by atoms with Crippen molar-refractivity contribution in [1.29, 1.82) is 0 Å². The molecule has 4 nitrogen and oxygen atoms in total. The average Bonchev–Trinajstić information content (AvgIpc) is 2.89. The Balaban J connectivity index is 1.78. The minimum absolute atomic E-state index is 0.207. The third-order valence-electron chi connectivity index (χ3n) is 4.96. The van der Waals surface area contributed by atoms with Crippen molar-refractivity contribution in [1.82, 2.24) is 10.2 Å². The first kappa shape index (κ1) is 13.3. The number of halogens is 1. The molecule has 0 spiro atoms. The van der Waals surface area contributed by atoms with Crippen molar-refractivity contribution < 1.29 is 9.21 Å². The number of rotatable bonds is 4. The quantitative estimate of drug-likeness (QED) is 0.864. The molecule has 5 heteroatoms. The van der Waals surface area contributed by atoms with Crippen LogP contribution in [-0.4, -0.2) is 30.9 Å². The van der Waals surface area contributed by atoms with Crippen LogP contribution in [0.5, 0.6) is 0 Å². The van der Waals surface area contributed by atoms with Crippen LogP contribution in [0.1, 0.15) is 18.6 Å². The van der Waals surface area contributed by atoms with Gasteiger partial charge in [0.1, 0.15) is 16.9 Å². The molecule has 3 atom stereocenters. The van der Waals surface area contributed by atoms with E-state index in [9.17, 15) is 4.79 Å². The molecule has 2 heterocycles. The van der Waals surface area contributed by atoms with Crippen molar-refractivity contribution in [3.8, 4) is 0 Å². The molecule has 1 N–H and O–H groups in total. The number of amides is 1. The van der Waals surface area contributed by atoms with Crippen LogP contribution in [0.4, 0.5) is 0 Å². The number of hydrogen-bond donors (Lipinski definition) is 1. The normalized spacial score (nSPS) is 30.7. The van der Waals surface area contributed by atoms with Gasteiger partial charge in [0.05, 0.1) is 4.47 Å². The van der Waals surface area contributed by atoms with Gasteiger partial charge in [0.25, 0.3) is 0 Å². The summed E-state index contributed by atoms with van der Waals surface area (Å²) in [5.41, 5.74) is 0.664. The van der Waals surface area contributed by atoms with Crippen molar-refractivity contribution in [2.24, 2.45) is 5.92 Å². The van der Waals surface area contributed by atoms with Gasteiger partial charge in [-0.15, -0.1) is 0 Å². The van der Waals surface area contributed by atoms with Crippen LogP contribution in [-0.2, 0) is 10.3 Å². The molecule has 3 unspecified atom stereocenters. The van der Waals surface area contributed by atoms with Crippen molar-refractivity contribution in [2.75, 3.05) is 13.6 Å². The first-order valence-corrected chi connectivity index (χ1v) is 8.07. The molecule has 1 aromatic carbocycles. The smallest absolute Gasteiger partial charge is 0.210 e. The fourth-order valence-electron chi connectivity index (χ4n) is 3.95. The summed E-state index contributed by atoms with van der Waals surface area (Å²) in [7, 11) is 1.93. The van der Waals surface area contributed by atoms with Crippen molar-refractivity contribution in [3.05, 3.63) is 34.5 Å². The summed E-state index contributed by atoms with van der Waals surface area (Å²) in [6.45, 7) is 0.834. The summed E-state index contributed by atoms with van der Waals surface area (Å²) in [4.78, 5) is 13.6. The highest BCUT2D eigenvalue weighted by molar-refractivity contribution is 9.10. The summed E-state index contributed by atoms with van der Waals surface area (Å²) in [6.07, 6.45) is 3.07.